The van der Waals surface area contributed by atoms with E-state index in [2.05, 4.69) is 90.2 Å². The monoisotopic (exact) mass is 400 g/mol. The van der Waals surface area contributed by atoms with Crippen molar-refractivity contribution < 1.29 is 9.53 Å². The lowest BCUT2D eigenvalue weighted by Crippen LogP contribution is -2.43. The SMILES string of the molecule is CC1=CC(O)(CC/C=C/C(C)Cc2cccc(O[Si](C)(C)C(C)(C)C)c2)CC1. The molecule has 1 aromatic rings. The van der Waals surface area contributed by atoms with Crippen LogP contribution >= 0.6 is 0 Å². The van der Waals surface area contributed by atoms with Crippen LogP contribution in [0, 0.1) is 5.92 Å². The predicted octanol–water partition coefficient (Wildman–Crippen LogP) is 7.06. The quantitative estimate of drug-likeness (QED) is 0.374. The van der Waals surface area contributed by atoms with E-state index >= 15 is 0 Å². The normalized spacial score (nSPS) is 21.8. The van der Waals surface area contributed by atoms with Gasteiger partial charge in [-0.15, -0.1) is 0 Å². The Hall–Kier alpha value is -1.32. The van der Waals surface area contributed by atoms with Crippen molar-refractivity contribution in [3.05, 3.63) is 53.6 Å². The molecular weight excluding hydrogens is 360 g/mol. The Morgan fingerprint density at radius 3 is 2.61 bits per heavy atom. The summed E-state index contributed by atoms with van der Waals surface area (Å²) in [7, 11) is -1.80. The summed E-state index contributed by atoms with van der Waals surface area (Å²) in [4.78, 5) is 0. The lowest BCUT2D eigenvalue weighted by atomic mass is 9.96. The van der Waals surface area contributed by atoms with Crippen LogP contribution < -0.4 is 4.43 Å². The molecule has 3 heteroatoms. The molecule has 0 spiro atoms. The highest BCUT2D eigenvalue weighted by Gasteiger charge is 2.39. The van der Waals surface area contributed by atoms with Crippen molar-refractivity contribution in [3.63, 3.8) is 0 Å². The largest absolute Gasteiger partial charge is 0.543 e. The summed E-state index contributed by atoms with van der Waals surface area (Å²) in [6, 6.07) is 8.60. The second-order valence-corrected chi connectivity index (χ2v) is 15.0. The van der Waals surface area contributed by atoms with E-state index in [1.54, 1.807) is 0 Å². The fourth-order valence-corrected chi connectivity index (χ4v) is 4.52. The zero-order valence-electron chi connectivity index (χ0n) is 19.0. The lowest BCUT2D eigenvalue weighted by Gasteiger charge is -2.36. The molecule has 2 nitrogen and oxygen atoms in total. The van der Waals surface area contributed by atoms with Gasteiger partial charge in [0.2, 0.25) is 8.32 Å². The van der Waals surface area contributed by atoms with Crippen LogP contribution in [0.25, 0.3) is 0 Å². The first kappa shape index (κ1) is 23.0. The van der Waals surface area contributed by atoms with Gasteiger partial charge in [0.15, 0.2) is 0 Å². The second-order valence-electron chi connectivity index (χ2n) is 10.3. The summed E-state index contributed by atoms with van der Waals surface area (Å²) in [6.45, 7) is 15.8. The zero-order chi connectivity index (χ0) is 21.0. The highest BCUT2D eigenvalue weighted by Crippen LogP contribution is 2.37. The number of hydrogen-bond donors (Lipinski definition) is 1. The number of benzene rings is 1. The molecule has 1 aromatic carbocycles. The molecular formula is C25H40O2Si. The van der Waals surface area contributed by atoms with Crippen LogP contribution in [-0.2, 0) is 6.42 Å². The van der Waals surface area contributed by atoms with Gasteiger partial charge in [0.05, 0.1) is 5.60 Å². The van der Waals surface area contributed by atoms with E-state index in [4.69, 9.17) is 4.43 Å². The van der Waals surface area contributed by atoms with Gasteiger partial charge in [0, 0.05) is 0 Å². The summed E-state index contributed by atoms with van der Waals surface area (Å²) in [6.07, 6.45) is 11.2. The Morgan fingerprint density at radius 2 is 2.00 bits per heavy atom. The molecule has 0 saturated carbocycles. The van der Waals surface area contributed by atoms with Gasteiger partial charge in [-0.2, -0.15) is 0 Å². The maximum absolute atomic E-state index is 10.5. The van der Waals surface area contributed by atoms with E-state index in [0.717, 1.165) is 37.9 Å². The topological polar surface area (TPSA) is 29.5 Å². The molecule has 0 saturated heterocycles. The van der Waals surface area contributed by atoms with Crippen LogP contribution in [0.4, 0.5) is 0 Å². The third kappa shape index (κ3) is 6.63. The first-order chi connectivity index (χ1) is 12.9. The summed E-state index contributed by atoms with van der Waals surface area (Å²) >= 11 is 0. The summed E-state index contributed by atoms with van der Waals surface area (Å²) < 4.78 is 6.45. The van der Waals surface area contributed by atoms with E-state index in [0.29, 0.717) is 5.92 Å². The third-order valence-corrected chi connectivity index (χ3v) is 10.7. The molecule has 0 fully saturated rings. The van der Waals surface area contributed by atoms with E-state index in [-0.39, 0.29) is 5.04 Å². The first-order valence-electron chi connectivity index (χ1n) is 10.8. The molecule has 0 radical (unpaired) electrons. The molecule has 0 aliphatic heterocycles. The average molecular weight is 401 g/mol. The van der Waals surface area contributed by atoms with Crippen molar-refractivity contribution in [3.8, 4) is 5.75 Å². The smallest absolute Gasteiger partial charge is 0.250 e. The van der Waals surface area contributed by atoms with Gasteiger partial charge in [-0.3, -0.25) is 0 Å². The molecule has 0 bridgehead atoms. The van der Waals surface area contributed by atoms with Crippen molar-refractivity contribution in [2.45, 2.75) is 90.5 Å². The average Bonchev–Trinajstić information content (AvgIpc) is 2.90. The Kier molecular flexibility index (Phi) is 7.38. The Balaban J connectivity index is 1.87. The summed E-state index contributed by atoms with van der Waals surface area (Å²) in [5, 5.41) is 10.7. The maximum Gasteiger partial charge on any atom is 0.250 e. The van der Waals surface area contributed by atoms with E-state index in [1.165, 1.54) is 11.1 Å². The minimum atomic E-state index is -1.80. The van der Waals surface area contributed by atoms with Crippen molar-refractivity contribution in [2.75, 3.05) is 0 Å². The molecule has 1 N–H and O–H groups in total. The first-order valence-corrected chi connectivity index (χ1v) is 13.7. The molecule has 156 valence electrons. The van der Waals surface area contributed by atoms with Gasteiger partial charge >= 0.3 is 0 Å². The Morgan fingerprint density at radius 1 is 1.29 bits per heavy atom. The lowest BCUT2D eigenvalue weighted by molar-refractivity contribution is 0.0825. The van der Waals surface area contributed by atoms with Gasteiger partial charge in [0.1, 0.15) is 5.75 Å². The fourth-order valence-electron chi connectivity index (χ4n) is 3.50. The van der Waals surface area contributed by atoms with Gasteiger partial charge in [-0.25, -0.2) is 0 Å². The summed E-state index contributed by atoms with van der Waals surface area (Å²) in [5.41, 5.74) is 2.06. The molecule has 2 atom stereocenters. The van der Waals surface area contributed by atoms with E-state index in [9.17, 15) is 5.11 Å². The van der Waals surface area contributed by atoms with Gasteiger partial charge < -0.3 is 9.53 Å². The van der Waals surface area contributed by atoms with E-state index < -0.39 is 13.9 Å². The van der Waals surface area contributed by atoms with Gasteiger partial charge in [-0.1, -0.05) is 63.6 Å². The van der Waals surface area contributed by atoms with E-state index in [1.807, 2.05) is 0 Å². The predicted molar refractivity (Wildman–Crippen MR) is 123 cm³/mol. The number of hydrogen-bond acceptors (Lipinski definition) is 2. The van der Waals surface area contributed by atoms with Crippen LogP contribution in [0.2, 0.25) is 18.1 Å². The number of rotatable bonds is 8. The molecule has 2 rings (SSSR count). The molecule has 1 aliphatic rings. The maximum atomic E-state index is 10.5. The molecule has 0 heterocycles. The molecule has 2 unspecified atom stereocenters. The van der Waals surface area contributed by atoms with Crippen LogP contribution in [-0.4, -0.2) is 19.0 Å². The zero-order valence-corrected chi connectivity index (χ0v) is 20.0. The van der Waals surface area contributed by atoms with Crippen molar-refractivity contribution in [1.29, 1.82) is 0 Å². The fraction of sp³-hybridized carbons (Fsp3) is 0.600. The minimum Gasteiger partial charge on any atom is -0.543 e. The number of aliphatic hydroxyl groups is 1. The van der Waals surface area contributed by atoms with Gasteiger partial charge in [0.25, 0.3) is 0 Å². The molecule has 1 aliphatic carbocycles. The highest BCUT2D eigenvalue weighted by molar-refractivity contribution is 6.74. The number of allylic oxidation sites excluding steroid dienone is 3. The van der Waals surface area contributed by atoms with Crippen molar-refractivity contribution in [1.82, 2.24) is 0 Å². The van der Waals surface area contributed by atoms with Crippen LogP contribution in [0.15, 0.2) is 48.1 Å². The molecule has 0 amide bonds. The van der Waals surface area contributed by atoms with Crippen LogP contribution in [0.1, 0.15) is 65.9 Å². The standard InChI is InChI=1S/C25H40O2Si/c1-20(11-8-9-15-25(26)16-14-21(2)19-25)17-22-12-10-13-23(18-22)27-28(6,7)24(3,4)5/h8,10-13,18-20,26H,9,14-17H2,1-7H3/b11-8+. The Bertz CT molecular complexity index is 712. The summed E-state index contributed by atoms with van der Waals surface area (Å²) in [5.74, 6) is 1.48. The molecule has 28 heavy (non-hydrogen) atoms. The van der Waals surface area contributed by atoms with Gasteiger partial charge in [-0.05, 0) is 80.8 Å². The highest BCUT2D eigenvalue weighted by atomic mass is 28.4. The van der Waals surface area contributed by atoms with Crippen molar-refractivity contribution >= 4 is 8.32 Å². The second kappa shape index (κ2) is 9.00. The Labute approximate surface area is 173 Å². The minimum absolute atomic E-state index is 0.205. The van der Waals surface area contributed by atoms with Crippen LogP contribution in [0.5, 0.6) is 5.75 Å². The third-order valence-electron chi connectivity index (χ3n) is 6.31. The molecule has 0 aromatic heterocycles. The van der Waals surface area contributed by atoms with Crippen molar-refractivity contribution in [2.24, 2.45) is 5.92 Å². The van der Waals surface area contributed by atoms with Crippen LogP contribution in [0.3, 0.4) is 0 Å².